The molecule has 0 saturated carbocycles. The standard InChI is InChI=1S/C17H15Cl2N3O/c1-11(12-6-2-4-8-14(12)18)20-10-16-21-22-17(23-16)13-7-3-5-9-15(13)19/h2-9,11,20H,10H2,1H3/t11-/m0/s1. The first-order valence-corrected chi connectivity index (χ1v) is 7.96. The van der Waals surface area contributed by atoms with Crippen molar-refractivity contribution in [2.75, 3.05) is 0 Å². The highest BCUT2D eigenvalue weighted by Gasteiger charge is 2.13. The lowest BCUT2D eigenvalue weighted by Crippen LogP contribution is -2.18. The molecule has 0 aliphatic heterocycles. The average molecular weight is 348 g/mol. The summed E-state index contributed by atoms with van der Waals surface area (Å²) in [4.78, 5) is 0. The molecule has 3 rings (SSSR count). The van der Waals surface area contributed by atoms with Crippen LogP contribution in [-0.2, 0) is 6.54 Å². The van der Waals surface area contributed by atoms with Gasteiger partial charge in [0.2, 0.25) is 11.8 Å². The first-order chi connectivity index (χ1) is 11.1. The highest BCUT2D eigenvalue weighted by Crippen LogP contribution is 2.26. The Balaban J connectivity index is 1.68. The molecule has 1 atom stereocenters. The fraction of sp³-hybridized carbons (Fsp3) is 0.176. The van der Waals surface area contributed by atoms with Gasteiger partial charge in [0.1, 0.15) is 0 Å². The maximum Gasteiger partial charge on any atom is 0.249 e. The molecular weight excluding hydrogens is 333 g/mol. The topological polar surface area (TPSA) is 51.0 Å². The van der Waals surface area contributed by atoms with E-state index in [2.05, 4.69) is 15.5 Å². The van der Waals surface area contributed by atoms with E-state index in [4.69, 9.17) is 27.6 Å². The fourth-order valence-corrected chi connectivity index (χ4v) is 2.76. The van der Waals surface area contributed by atoms with Crippen LogP contribution in [-0.4, -0.2) is 10.2 Å². The summed E-state index contributed by atoms with van der Waals surface area (Å²) >= 11 is 12.3. The lowest BCUT2D eigenvalue weighted by molar-refractivity contribution is 0.454. The van der Waals surface area contributed by atoms with Crippen LogP contribution < -0.4 is 5.32 Å². The lowest BCUT2D eigenvalue weighted by atomic mass is 10.1. The van der Waals surface area contributed by atoms with E-state index in [9.17, 15) is 0 Å². The van der Waals surface area contributed by atoms with Crippen molar-refractivity contribution in [1.82, 2.24) is 15.5 Å². The van der Waals surface area contributed by atoms with Gasteiger partial charge in [-0.05, 0) is 30.7 Å². The Labute approximate surface area is 144 Å². The Morgan fingerprint density at radius 3 is 2.43 bits per heavy atom. The molecule has 23 heavy (non-hydrogen) atoms. The molecule has 0 aliphatic rings. The van der Waals surface area contributed by atoms with Crippen molar-refractivity contribution in [3.05, 3.63) is 70.0 Å². The van der Waals surface area contributed by atoms with Crippen LogP contribution in [0.3, 0.4) is 0 Å². The molecule has 6 heteroatoms. The Morgan fingerprint density at radius 2 is 1.70 bits per heavy atom. The highest BCUT2D eigenvalue weighted by molar-refractivity contribution is 6.33. The number of halogens is 2. The van der Waals surface area contributed by atoms with E-state index >= 15 is 0 Å². The molecule has 0 radical (unpaired) electrons. The third kappa shape index (κ3) is 3.72. The van der Waals surface area contributed by atoms with Crippen molar-refractivity contribution >= 4 is 23.2 Å². The van der Waals surface area contributed by atoms with Crippen molar-refractivity contribution in [1.29, 1.82) is 0 Å². The number of rotatable bonds is 5. The van der Waals surface area contributed by atoms with Crippen LogP contribution in [0.1, 0.15) is 24.4 Å². The van der Waals surface area contributed by atoms with Crippen LogP contribution in [0.15, 0.2) is 52.9 Å². The van der Waals surface area contributed by atoms with Gasteiger partial charge < -0.3 is 9.73 Å². The molecule has 118 valence electrons. The molecular formula is C17H15Cl2N3O. The Kier molecular flexibility index (Phi) is 4.96. The lowest BCUT2D eigenvalue weighted by Gasteiger charge is -2.14. The van der Waals surface area contributed by atoms with E-state index in [1.807, 2.05) is 49.4 Å². The minimum absolute atomic E-state index is 0.0689. The van der Waals surface area contributed by atoms with Gasteiger partial charge in [0, 0.05) is 11.1 Å². The largest absolute Gasteiger partial charge is 0.419 e. The molecule has 0 aliphatic carbocycles. The predicted molar refractivity (Wildman–Crippen MR) is 91.5 cm³/mol. The Hall–Kier alpha value is -1.88. The van der Waals surface area contributed by atoms with Crippen LogP contribution in [0.25, 0.3) is 11.5 Å². The zero-order valence-electron chi connectivity index (χ0n) is 12.5. The zero-order chi connectivity index (χ0) is 16.2. The predicted octanol–water partition coefficient (Wildman–Crippen LogP) is 4.89. The molecule has 0 saturated heterocycles. The number of nitrogens with one attached hydrogen (secondary N) is 1. The zero-order valence-corrected chi connectivity index (χ0v) is 14.0. The summed E-state index contributed by atoms with van der Waals surface area (Å²) in [5, 5.41) is 12.7. The molecule has 4 nitrogen and oxygen atoms in total. The molecule has 1 N–H and O–H groups in total. The van der Waals surface area contributed by atoms with Gasteiger partial charge in [0.15, 0.2) is 0 Å². The molecule has 2 aromatic carbocycles. The monoisotopic (exact) mass is 347 g/mol. The fourth-order valence-electron chi connectivity index (χ4n) is 2.25. The molecule has 0 amide bonds. The summed E-state index contributed by atoms with van der Waals surface area (Å²) < 4.78 is 5.66. The number of benzene rings is 2. The minimum atomic E-state index is 0.0689. The third-order valence-electron chi connectivity index (χ3n) is 3.50. The van der Waals surface area contributed by atoms with Gasteiger partial charge in [-0.15, -0.1) is 10.2 Å². The molecule has 1 aromatic heterocycles. The number of hydrogen-bond acceptors (Lipinski definition) is 4. The summed E-state index contributed by atoms with van der Waals surface area (Å²) in [7, 11) is 0. The third-order valence-corrected chi connectivity index (χ3v) is 4.18. The van der Waals surface area contributed by atoms with E-state index in [1.54, 1.807) is 6.07 Å². The van der Waals surface area contributed by atoms with E-state index in [0.717, 1.165) is 16.1 Å². The first kappa shape index (κ1) is 16.0. The van der Waals surface area contributed by atoms with Gasteiger partial charge in [0.05, 0.1) is 17.1 Å². The van der Waals surface area contributed by atoms with Gasteiger partial charge in [0.25, 0.3) is 0 Å². The van der Waals surface area contributed by atoms with E-state index < -0.39 is 0 Å². The molecule has 1 heterocycles. The summed E-state index contributed by atoms with van der Waals surface area (Å²) in [6.07, 6.45) is 0. The maximum absolute atomic E-state index is 6.20. The van der Waals surface area contributed by atoms with E-state index in [0.29, 0.717) is 23.3 Å². The SMILES string of the molecule is C[C@H](NCc1nnc(-c2ccccc2Cl)o1)c1ccccc1Cl. The second kappa shape index (κ2) is 7.13. The summed E-state index contributed by atoms with van der Waals surface area (Å²) in [6.45, 7) is 2.48. The number of nitrogens with zero attached hydrogens (tertiary/aromatic N) is 2. The van der Waals surface area contributed by atoms with Gasteiger partial charge >= 0.3 is 0 Å². The van der Waals surface area contributed by atoms with Crippen molar-refractivity contribution < 1.29 is 4.42 Å². The van der Waals surface area contributed by atoms with Crippen LogP contribution in [0, 0.1) is 0 Å². The first-order valence-electron chi connectivity index (χ1n) is 7.20. The smallest absolute Gasteiger partial charge is 0.249 e. The molecule has 0 bridgehead atoms. The van der Waals surface area contributed by atoms with Crippen molar-refractivity contribution in [2.24, 2.45) is 0 Å². The second-order valence-electron chi connectivity index (χ2n) is 5.10. The van der Waals surface area contributed by atoms with Crippen molar-refractivity contribution in [3.63, 3.8) is 0 Å². The summed E-state index contributed by atoms with van der Waals surface area (Å²) in [5.74, 6) is 0.914. The molecule has 0 unspecified atom stereocenters. The van der Waals surface area contributed by atoms with E-state index in [-0.39, 0.29) is 6.04 Å². The van der Waals surface area contributed by atoms with Crippen molar-refractivity contribution in [3.8, 4) is 11.5 Å². The number of hydrogen-bond donors (Lipinski definition) is 1. The normalized spacial score (nSPS) is 12.3. The molecule has 3 aromatic rings. The van der Waals surface area contributed by atoms with Gasteiger partial charge in [-0.25, -0.2) is 0 Å². The van der Waals surface area contributed by atoms with Gasteiger partial charge in [-0.3, -0.25) is 0 Å². The quantitative estimate of drug-likeness (QED) is 0.713. The summed E-state index contributed by atoms with van der Waals surface area (Å²) in [5.41, 5.74) is 1.76. The number of aromatic nitrogens is 2. The van der Waals surface area contributed by atoms with Crippen LogP contribution in [0.2, 0.25) is 10.0 Å². The highest BCUT2D eigenvalue weighted by atomic mass is 35.5. The Bertz CT molecular complexity index is 804. The summed E-state index contributed by atoms with van der Waals surface area (Å²) in [6, 6.07) is 15.2. The molecule has 0 fully saturated rings. The van der Waals surface area contributed by atoms with E-state index in [1.165, 1.54) is 0 Å². The second-order valence-corrected chi connectivity index (χ2v) is 5.92. The average Bonchev–Trinajstić information content (AvgIpc) is 3.02. The maximum atomic E-state index is 6.20. The van der Waals surface area contributed by atoms with Gasteiger partial charge in [-0.2, -0.15) is 0 Å². The Morgan fingerprint density at radius 1 is 1.00 bits per heavy atom. The minimum Gasteiger partial charge on any atom is -0.419 e. The van der Waals surface area contributed by atoms with Crippen LogP contribution in [0.5, 0.6) is 0 Å². The van der Waals surface area contributed by atoms with Crippen molar-refractivity contribution in [2.45, 2.75) is 19.5 Å². The van der Waals surface area contributed by atoms with Gasteiger partial charge in [-0.1, -0.05) is 53.5 Å². The van der Waals surface area contributed by atoms with Crippen LogP contribution in [0.4, 0.5) is 0 Å². The van der Waals surface area contributed by atoms with Crippen LogP contribution >= 0.6 is 23.2 Å². The molecule has 0 spiro atoms.